The van der Waals surface area contributed by atoms with Crippen LogP contribution in [-0.4, -0.2) is 0 Å². The van der Waals surface area contributed by atoms with E-state index in [9.17, 15) is 0 Å². The van der Waals surface area contributed by atoms with Crippen molar-refractivity contribution < 1.29 is 0 Å². The third-order valence-electron chi connectivity index (χ3n) is 3.48. The van der Waals surface area contributed by atoms with E-state index in [1.54, 1.807) is 12.1 Å². The predicted molar refractivity (Wildman–Crippen MR) is 89.8 cm³/mol. The molecule has 0 unspecified atom stereocenters. The van der Waals surface area contributed by atoms with Crippen LogP contribution in [0, 0.1) is 11.3 Å². The summed E-state index contributed by atoms with van der Waals surface area (Å²) in [5.41, 5.74) is 3.57. The number of halogens is 2. The van der Waals surface area contributed by atoms with Gasteiger partial charge in [-0.3, -0.25) is 0 Å². The Balaban J connectivity index is 2.25. The van der Waals surface area contributed by atoms with Gasteiger partial charge in [0.25, 0.3) is 0 Å². The molecule has 0 radical (unpaired) electrons. The van der Waals surface area contributed by atoms with Crippen molar-refractivity contribution in [2.24, 2.45) is 0 Å². The zero-order chi connectivity index (χ0) is 15.2. The predicted octanol–water partition coefficient (Wildman–Crippen LogP) is 6.26. The Morgan fingerprint density at radius 1 is 1.00 bits per heavy atom. The smallest absolute Gasteiger partial charge is 0.0992 e. The molecule has 2 rings (SSSR count). The van der Waals surface area contributed by atoms with Gasteiger partial charge in [-0.15, -0.1) is 0 Å². The van der Waals surface area contributed by atoms with Gasteiger partial charge in [0.15, 0.2) is 0 Å². The molecule has 0 aliphatic rings. The molecule has 0 spiro atoms. The van der Waals surface area contributed by atoms with Crippen LogP contribution in [-0.2, 0) is 6.42 Å². The SMILES string of the molecule is CCCCCc1ccc(-c2c(Cl)cc(C#N)cc2Cl)cc1. The maximum absolute atomic E-state index is 8.92. The third-order valence-corrected chi connectivity index (χ3v) is 4.08. The van der Waals surface area contributed by atoms with Crippen molar-refractivity contribution in [2.45, 2.75) is 32.6 Å². The molecule has 0 aliphatic heterocycles. The normalized spacial score (nSPS) is 10.4. The molecule has 21 heavy (non-hydrogen) atoms. The second-order valence-electron chi connectivity index (χ2n) is 5.08. The van der Waals surface area contributed by atoms with Crippen molar-refractivity contribution in [3.05, 3.63) is 57.6 Å². The van der Waals surface area contributed by atoms with Gasteiger partial charge in [0.1, 0.15) is 0 Å². The molecule has 0 N–H and O–H groups in total. The van der Waals surface area contributed by atoms with E-state index in [4.69, 9.17) is 28.5 Å². The van der Waals surface area contributed by atoms with Gasteiger partial charge in [-0.25, -0.2) is 0 Å². The van der Waals surface area contributed by atoms with E-state index >= 15 is 0 Å². The van der Waals surface area contributed by atoms with E-state index in [-0.39, 0.29) is 0 Å². The average molecular weight is 318 g/mol. The number of aryl methyl sites for hydroxylation is 1. The summed E-state index contributed by atoms with van der Waals surface area (Å²) in [6, 6.07) is 13.7. The topological polar surface area (TPSA) is 23.8 Å². The van der Waals surface area contributed by atoms with Crippen LogP contribution in [0.2, 0.25) is 10.0 Å². The minimum Gasteiger partial charge on any atom is -0.192 e. The van der Waals surface area contributed by atoms with Crippen molar-refractivity contribution in [1.29, 1.82) is 5.26 Å². The molecule has 0 heterocycles. The van der Waals surface area contributed by atoms with Gasteiger partial charge in [0.05, 0.1) is 21.7 Å². The number of benzene rings is 2. The highest BCUT2D eigenvalue weighted by Crippen LogP contribution is 2.35. The summed E-state index contributed by atoms with van der Waals surface area (Å²) in [4.78, 5) is 0. The molecular formula is C18H17Cl2N. The highest BCUT2D eigenvalue weighted by Gasteiger charge is 2.10. The molecule has 0 saturated carbocycles. The molecule has 0 bridgehead atoms. The van der Waals surface area contributed by atoms with Gasteiger partial charge in [-0.1, -0.05) is 67.2 Å². The first-order valence-electron chi connectivity index (χ1n) is 7.14. The summed E-state index contributed by atoms with van der Waals surface area (Å²) in [7, 11) is 0. The molecule has 3 heteroatoms. The minimum absolute atomic E-state index is 0.477. The first-order chi connectivity index (χ1) is 10.2. The van der Waals surface area contributed by atoms with Gasteiger partial charge >= 0.3 is 0 Å². The Kier molecular flexibility index (Phi) is 5.67. The van der Waals surface area contributed by atoms with E-state index in [1.807, 2.05) is 12.1 Å². The van der Waals surface area contributed by atoms with Crippen LogP contribution in [0.15, 0.2) is 36.4 Å². The number of hydrogen-bond acceptors (Lipinski definition) is 1. The van der Waals surface area contributed by atoms with Gasteiger partial charge in [0, 0.05) is 5.56 Å². The van der Waals surface area contributed by atoms with Crippen LogP contribution >= 0.6 is 23.2 Å². The summed E-state index contributed by atoms with van der Waals surface area (Å²) in [5, 5.41) is 9.94. The Hall–Kier alpha value is -1.49. The fraction of sp³-hybridized carbons (Fsp3) is 0.278. The minimum atomic E-state index is 0.477. The summed E-state index contributed by atoms with van der Waals surface area (Å²) in [5.74, 6) is 0. The van der Waals surface area contributed by atoms with Gasteiger partial charge in [-0.05, 0) is 36.1 Å². The van der Waals surface area contributed by atoms with Crippen LogP contribution < -0.4 is 0 Å². The molecule has 0 amide bonds. The number of rotatable bonds is 5. The molecule has 0 atom stereocenters. The average Bonchev–Trinajstić information content (AvgIpc) is 2.48. The van der Waals surface area contributed by atoms with Crippen molar-refractivity contribution in [3.8, 4) is 17.2 Å². The molecule has 2 aromatic rings. The molecule has 0 fully saturated rings. The van der Waals surface area contributed by atoms with Crippen LogP contribution in [0.1, 0.15) is 37.3 Å². The van der Waals surface area contributed by atoms with E-state index < -0.39 is 0 Å². The maximum atomic E-state index is 8.92. The summed E-state index contributed by atoms with van der Waals surface area (Å²) >= 11 is 12.5. The largest absolute Gasteiger partial charge is 0.192 e. The van der Waals surface area contributed by atoms with E-state index in [1.165, 1.54) is 24.8 Å². The second kappa shape index (κ2) is 7.50. The first-order valence-corrected chi connectivity index (χ1v) is 7.89. The Labute approximate surface area is 136 Å². The number of unbranched alkanes of at least 4 members (excludes halogenated alkanes) is 2. The van der Waals surface area contributed by atoms with Gasteiger partial charge in [0.2, 0.25) is 0 Å². The highest BCUT2D eigenvalue weighted by molar-refractivity contribution is 6.39. The van der Waals surface area contributed by atoms with Crippen LogP contribution in [0.4, 0.5) is 0 Å². The summed E-state index contributed by atoms with van der Waals surface area (Å²) in [6.07, 6.45) is 4.81. The van der Waals surface area contributed by atoms with Crippen molar-refractivity contribution >= 4 is 23.2 Å². The lowest BCUT2D eigenvalue weighted by atomic mass is 10.0. The fourth-order valence-electron chi connectivity index (χ4n) is 2.33. The molecular weight excluding hydrogens is 301 g/mol. The van der Waals surface area contributed by atoms with E-state index in [0.717, 1.165) is 17.5 Å². The molecule has 1 nitrogen and oxygen atoms in total. The Morgan fingerprint density at radius 3 is 2.14 bits per heavy atom. The number of hydrogen-bond donors (Lipinski definition) is 0. The molecule has 0 saturated heterocycles. The van der Waals surface area contributed by atoms with E-state index in [0.29, 0.717) is 15.6 Å². The summed E-state index contributed by atoms with van der Waals surface area (Å²) in [6.45, 7) is 2.21. The van der Waals surface area contributed by atoms with Crippen LogP contribution in [0.3, 0.4) is 0 Å². The fourth-order valence-corrected chi connectivity index (χ4v) is 3.04. The molecule has 2 aromatic carbocycles. The second-order valence-corrected chi connectivity index (χ2v) is 5.90. The lowest BCUT2D eigenvalue weighted by molar-refractivity contribution is 0.717. The van der Waals surface area contributed by atoms with Crippen molar-refractivity contribution in [1.82, 2.24) is 0 Å². The highest BCUT2D eigenvalue weighted by atomic mass is 35.5. The zero-order valence-corrected chi connectivity index (χ0v) is 13.5. The standard InChI is InChI=1S/C18H17Cl2N/c1-2-3-4-5-13-6-8-15(9-7-13)18-16(19)10-14(12-21)11-17(18)20/h6-11H,2-5H2,1H3. The Bertz CT molecular complexity index is 631. The number of nitrogens with zero attached hydrogens (tertiary/aromatic N) is 1. The lowest BCUT2D eigenvalue weighted by Crippen LogP contribution is -1.88. The maximum Gasteiger partial charge on any atom is 0.0992 e. The first kappa shape index (κ1) is 15.9. The van der Waals surface area contributed by atoms with Crippen LogP contribution in [0.5, 0.6) is 0 Å². The Morgan fingerprint density at radius 2 is 1.62 bits per heavy atom. The quantitative estimate of drug-likeness (QED) is 0.596. The van der Waals surface area contributed by atoms with Gasteiger partial charge in [-0.2, -0.15) is 5.26 Å². The lowest BCUT2D eigenvalue weighted by Gasteiger charge is -2.09. The zero-order valence-electron chi connectivity index (χ0n) is 12.0. The third kappa shape index (κ3) is 4.00. The molecule has 0 aromatic heterocycles. The van der Waals surface area contributed by atoms with Crippen LogP contribution in [0.25, 0.3) is 11.1 Å². The monoisotopic (exact) mass is 317 g/mol. The van der Waals surface area contributed by atoms with Crippen molar-refractivity contribution in [3.63, 3.8) is 0 Å². The number of nitriles is 1. The summed E-state index contributed by atoms with van der Waals surface area (Å²) < 4.78 is 0. The van der Waals surface area contributed by atoms with Crippen molar-refractivity contribution in [2.75, 3.05) is 0 Å². The molecule has 108 valence electrons. The van der Waals surface area contributed by atoms with Gasteiger partial charge < -0.3 is 0 Å². The molecule has 0 aliphatic carbocycles. The van der Waals surface area contributed by atoms with E-state index in [2.05, 4.69) is 25.1 Å².